The van der Waals surface area contributed by atoms with Crippen LogP contribution in [0.5, 0.6) is 5.75 Å². The van der Waals surface area contributed by atoms with Crippen molar-refractivity contribution < 1.29 is 5.11 Å². The van der Waals surface area contributed by atoms with Gasteiger partial charge in [0.15, 0.2) is 0 Å². The van der Waals surface area contributed by atoms with E-state index in [0.717, 1.165) is 30.4 Å². The lowest BCUT2D eigenvalue weighted by molar-refractivity contribution is 0.449. The van der Waals surface area contributed by atoms with Crippen molar-refractivity contribution in [1.82, 2.24) is 0 Å². The van der Waals surface area contributed by atoms with Gasteiger partial charge in [-0.05, 0) is 87.7 Å². The summed E-state index contributed by atoms with van der Waals surface area (Å²) in [4.78, 5) is 0. The summed E-state index contributed by atoms with van der Waals surface area (Å²) < 4.78 is 0. The number of phenols is 1. The summed E-state index contributed by atoms with van der Waals surface area (Å²) in [5.41, 5.74) is 10.3. The predicted molar refractivity (Wildman–Crippen MR) is 119 cm³/mol. The van der Waals surface area contributed by atoms with Crippen molar-refractivity contribution in [3.63, 3.8) is 0 Å². The summed E-state index contributed by atoms with van der Waals surface area (Å²) in [5.74, 6) is 1.19. The van der Waals surface area contributed by atoms with Gasteiger partial charge in [0.05, 0.1) is 0 Å². The van der Waals surface area contributed by atoms with E-state index in [1.165, 1.54) is 33.4 Å². The highest BCUT2D eigenvalue weighted by atomic mass is 16.3. The molecular formula is C27H30O. The van der Waals surface area contributed by atoms with E-state index in [1.807, 2.05) is 0 Å². The van der Waals surface area contributed by atoms with E-state index < -0.39 is 0 Å². The summed E-state index contributed by atoms with van der Waals surface area (Å²) in [6.07, 6.45) is 3.03. The Bertz CT molecular complexity index is 984. The van der Waals surface area contributed by atoms with Gasteiger partial charge in [0.2, 0.25) is 0 Å². The average Bonchev–Trinajstić information content (AvgIpc) is 3.11. The topological polar surface area (TPSA) is 20.2 Å². The number of rotatable bonds is 5. The van der Waals surface area contributed by atoms with Gasteiger partial charge in [-0.2, -0.15) is 0 Å². The SMILES string of the molecule is CCC(C)c1cc(-c2cccc3c2Cc2ccccc2-3)cc(C(C)CC)c1O. The Hall–Kier alpha value is -2.54. The lowest BCUT2D eigenvalue weighted by Gasteiger charge is -2.21. The highest BCUT2D eigenvalue weighted by Gasteiger charge is 2.23. The second-order valence-electron chi connectivity index (χ2n) is 8.29. The monoisotopic (exact) mass is 370 g/mol. The fourth-order valence-electron chi connectivity index (χ4n) is 4.45. The van der Waals surface area contributed by atoms with Gasteiger partial charge in [0, 0.05) is 0 Å². The second-order valence-corrected chi connectivity index (χ2v) is 8.29. The van der Waals surface area contributed by atoms with E-state index in [1.54, 1.807) is 0 Å². The Morgan fingerprint density at radius 3 is 2.00 bits per heavy atom. The van der Waals surface area contributed by atoms with Crippen LogP contribution in [0.4, 0.5) is 0 Å². The molecular weight excluding hydrogens is 340 g/mol. The maximum Gasteiger partial charge on any atom is 0.122 e. The Labute approximate surface area is 169 Å². The molecule has 3 aromatic rings. The van der Waals surface area contributed by atoms with E-state index in [0.29, 0.717) is 17.6 Å². The van der Waals surface area contributed by atoms with Crippen LogP contribution in [0.1, 0.15) is 74.6 Å². The number of aromatic hydroxyl groups is 1. The van der Waals surface area contributed by atoms with Crippen LogP contribution in [0, 0.1) is 0 Å². The average molecular weight is 371 g/mol. The molecule has 0 saturated heterocycles. The summed E-state index contributed by atoms with van der Waals surface area (Å²) in [7, 11) is 0. The third kappa shape index (κ3) is 3.03. The molecule has 28 heavy (non-hydrogen) atoms. The minimum atomic E-state index is 0.344. The smallest absolute Gasteiger partial charge is 0.122 e. The molecule has 2 atom stereocenters. The first-order valence-electron chi connectivity index (χ1n) is 10.6. The van der Waals surface area contributed by atoms with Gasteiger partial charge in [-0.25, -0.2) is 0 Å². The Balaban J connectivity index is 1.91. The van der Waals surface area contributed by atoms with Gasteiger partial charge >= 0.3 is 0 Å². The zero-order valence-electron chi connectivity index (χ0n) is 17.4. The molecule has 1 N–H and O–H groups in total. The molecule has 0 fully saturated rings. The van der Waals surface area contributed by atoms with Crippen LogP contribution in [0.3, 0.4) is 0 Å². The molecule has 1 aliphatic carbocycles. The quantitative estimate of drug-likeness (QED) is 0.382. The number of benzene rings is 3. The molecule has 0 spiro atoms. The van der Waals surface area contributed by atoms with Crippen LogP contribution < -0.4 is 0 Å². The predicted octanol–water partition coefficient (Wildman–Crippen LogP) is 7.66. The van der Waals surface area contributed by atoms with Crippen molar-refractivity contribution in [2.45, 2.75) is 58.8 Å². The molecule has 1 nitrogen and oxygen atoms in total. The van der Waals surface area contributed by atoms with Gasteiger partial charge in [0.1, 0.15) is 5.75 Å². The van der Waals surface area contributed by atoms with Gasteiger partial charge in [-0.15, -0.1) is 0 Å². The first-order chi connectivity index (χ1) is 13.5. The normalized spacial score (nSPS) is 14.4. The maximum atomic E-state index is 11.0. The number of phenolic OH excluding ortho intramolecular Hbond substituents is 1. The van der Waals surface area contributed by atoms with E-state index in [-0.39, 0.29) is 0 Å². The van der Waals surface area contributed by atoms with Gasteiger partial charge in [-0.3, -0.25) is 0 Å². The van der Waals surface area contributed by atoms with Crippen molar-refractivity contribution in [2.75, 3.05) is 0 Å². The highest BCUT2D eigenvalue weighted by Crippen LogP contribution is 2.44. The standard InChI is InChI=1S/C27H30O/c1-5-17(3)24-15-20(16-25(27(24)28)18(4)6-2)22-12-9-13-23-21-11-8-7-10-19(21)14-26(22)23/h7-13,15-18,28H,5-6,14H2,1-4H3. The second kappa shape index (κ2) is 7.47. The van der Waals surface area contributed by atoms with Crippen LogP contribution in [0.25, 0.3) is 22.3 Å². The van der Waals surface area contributed by atoms with E-state index >= 15 is 0 Å². The molecule has 0 bridgehead atoms. The summed E-state index contributed by atoms with van der Waals surface area (Å²) in [5, 5.41) is 11.0. The van der Waals surface area contributed by atoms with Crippen molar-refractivity contribution in [1.29, 1.82) is 0 Å². The van der Waals surface area contributed by atoms with Crippen LogP contribution in [0.2, 0.25) is 0 Å². The first-order valence-corrected chi connectivity index (χ1v) is 10.6. The van der Waals surface area contributed by atoms with Crippen molar-refractivity contribution in [3.05, 3.63) is 76.9 Å². The third-order valence-electron chi connectivity index (χ3n) is 6.62. The molecule has 0 aliphatic heterocycles. The van der Waals surface area contributed by atoms with Crippen molar-refractivity contribution in [3.8, 4) is 28.0 Å². The third-order valence-corrected chi connectivity index (χ3v) is 6.62. The summed E-state index contributed by atoms with van der Waals surface area (Å²) >= 11 is 0. The highest BCUT2D eigenvalue weighted by molar-refractivity contribution is 5.85. The molecule has 2 unspecified atom stereocenters. The molecule has 1 aliphatic rings. The van der Waals surface area contributed by atoms with Crippen LogP contribution in [-0.2, 0) is 6.42 Å². The first kappa shape index (κ1) is 18.8. The molecule has 0 amide bonds. The zero-order chi connectivity index (χ0) is 19.8. The van der Waals surface area contributed by atoms with Crippen molar-refractivity contribution >= 4 is 0 Å². The fourth-order valence-corrected chi connectivity index (χ4v) is 4.45. The van der Waals surface area contributed by atoms with Gasteiger partial charge in [-0.1, -0.05) is 70.2 Å². The van der Waals surface area contributed by atoms with Crippen molar-refractivity contribution in [2.24, 2.45) is 0 Å². The van der Waals surface area contributed by atoms with Crippen LogP contribution in [-0.4, -0.2) is 5.11 Å². The number of hydrogen-bond acceptors (Lipinski definition) is 1. The zero-order valence-corrected chi connectivity index (χ0v) is 17.4. The summed E-state index contributed by atoms with van der Waals surface area (Å²) in [6, 6.07) is 19.9. The lowest BCUT2D eigenvalue weighted by atomic mass is 9.85. The molecule has 0 radical (unpaired) electrons. The van der Waals surface area contributed by atoms with E-state index in [9.17, 15) is 5.11 Å². The summed E-state index contributed by atoms with van der Waals surface area (Å²) in [6.45, 7) is 8.81. The molecule has 0 saturated carbocycles. The molecule has 3 aromatic carbocycles. The Kier molecular flexibility index (Phi) is 5.02. The molecule has 0 aromatic heterocycles. The minimum absolute atomic E-state index is 0.344. The van der Waals surface area contributed by atoms with Crippen LogP contribution >= 0.6 is 0 Å². The Morgan fingerprint density at radius 1 is 0.786 bits per heavy atom. The minimum Gasteiger partial charge on any atom is -0.507 e. The fraction of sp³-hybridized carbons (Fsp3) is 0.333. The van der Waals surface area contributed by atoms with E-state index in [2.05, 4.69) is 82.3 Å². The lowest BCUT2D eigenvalue weighted by Crippen LogP contribution is -2.01. The van der Waals surface area contributed by atoms with E-state index in [4.69, 9.17) is 0 Å². The largest absolute Gasteiger partial charge is 0.507 e. The number of fused-ring (bicyclic) bond motifs is 3. The van der Waals surface area contributed by atoms with Gasteiger partial charge < -0.3 is 5.11 Å². The van der Waals surface area contributed by atoms with Crippen LogP contribution in [0.15, 0.2) is 54.6 Å². The molecule has 4 rings (SSSR count). The number of hydrogen-bond donors (Lipinski definition) is 1. The maximum absolute atomic E-state index is 11.0. The molecule has 144 valence electrons. The van der Waals surface area contributed by atoms with Gasteiger partial charge in [0.25, 0.3) is 0 Å². The Morgan fingerprint density at radius 2 is 1.36 bits per heavy atom. The molecule has 1 heteroatoms. The molecule has 0 heterocycles.